The summed E-state index contributed by atoms with van der Waals surface area (Å²) < 4.78 is 45.8. The van der Waals surface area contributed by atoms with Crippen molar-refractivity contribution < 1.29 is 42.5 Å². The fraction of sp³-hybridized carbons (Fsp3) is 0.432. The van der Waals surface area contributed by atoms with E-state index in [2.05, 4.69) is 0 Å². The molecule has 2 amide bonds. The van der Waals surface area contributed by atoms with Crippen LogP contribution in [0.2, 0.25) is 0 Å². The average Bonchev–Trinajstić information content (AvgIpc) is 3.50. The molecule has 5 rings (SSSR count). The zero-order chi connectivity index (χ0) is 34.8. The minimum Gasteiger partial charge on any atom is -0.488 e. The predicted octanol–water partition coefficient (Wildman–Crippen LogP) is 7.28. The molecular weight excluding hydrogens is 622 g/mol. The van der Waals surface area contributed by atoms with Crippen molar-refractivity contribution in [1.82, 2.24) is 9.80 Å². The van der Waals surface area contributed by atoms with Crippen molar-refractivity contribution in [2.45, 2.75) is 77.1 Å². The second-order valence-corrected chi connectivity index (χ2v) is 13.9. The molecule has 0 saturated carbocycles. The number of rotatable bonds is 8. The van der Waals surface area contributed by atoms with Crippen molar-refractivity contribution >= 4 is 18.0 Å². The molecule has 0 aliphatic carbocycles. The molecule has 3 aromatic rings. The van der Waals surface area contributed by atoms with Gasteiger partial charge in [-0.15, -0.1) is 0 Å². The third kappa shape index (κ3) is 8.24. The number of carboxylic acids is 1. The summed E-state index contributed by atoms with van der Waals surface area (Å²) in [5.74, 6) is -2.49. The van der Waals surface area contributed by atoms with Gasteiger partial charge < -0.3 is 29.1 Å². The van der Waals surface area contributed by atoms with Gasteiger partial charge in [-0.25, -0.2) is 18.4 Å². The summed E-state index contributed by atoms with van der Waals surface area (Å²) in [6.45, 7) is 10.1. The Kier molecular flexibility index (Phi) is 9.98. The van der Waals surface area contributed by atoms with Gasteiger partial charge in [0.05, 0.1) is 6.54 Å². The molecule has 0 bridgehead atoms. The Morgan fingerprint density at radius 3 is 2.33 bits per heavy atom. The molecule has 2 aliphatic rings. The van der Waals surface area contributed by atoms with Crippen LogP contribution in [-0.4, -0.2) is 76.4 Å². The molecule has 256 valence electrons. The van der Waals surface area contributed by atoms with Gasteiger partial charge >= 0.3 is 12.1 Å². The lowest BCUT2D eigenvalue weighted by Crippen LogP contribution is -2.39. The topological polar surface area (TPSA) is 106 Å². The van der Waals surface area contributed by atoms with Crippen LogP contribution in [0.25, 0.3) is 11.1 Å². The average molecular weight is 665 g/mol. The highest BCUT2D eigenvalue weighted by Gasteiger charge is 2.33. The van der Waals surface area contributed by atoms with Crippen molar-refractivity contribution in [3.05, 3.63) is 83.4 Å². The summed E-state index contributed by atoms with van der Waals surface area (Å²) in [6, 6.07) is 15.8. The number of likely N-dealkylation sites (tertiary alicyclic amines) is 2. The van der Waals surface area contributed by atoms with Crippen LogP contribution >= 0.6 is 0 Å². The zero-order valence-corrected chi connectivity index (χ0v) is 27.9. The van der Waals surface area contributed by atoms with Crippen LogP contribution in [0.5, 0.6) is 11.5 Å². The largest absolute Gasteiger partial charge is 0.488 e. The first kappa shape index (κ1) is 34.7. The van der Waals surface area contributed by atoms with E-state index in [0.29, 0.717) is 60.8 Å². The van der Waals surface area contributed by atoms with E-state index >= 15 is 0 Å². The van der Waals surface area contributed by atoms with Crippen LogP contribution in [0, 0.1) is 11.6 Å². The Morgan fingerprint density at radius 2 is 1.62 bits per heavy atom. The van der Waals surface area contributed by atoms with E-state index in [1.807, 2.05) is 18.2 Å². The Bertz CT molecular complexity index is 1690. The smallest absolute Gasteiger partial charge is 0.410 e. The summed E-state index contributed by atoms with van der Waals surface area (Å²) >= 11 is 0. The zero-order valence-electron chi connectivity index (χ0n) is 27.9. The molecule has 2 fully saturated rings. The lowest BCUT2D eigenvalue weighted by Gasteiger charge is -2.33. The number of hydrogen-bond donors (Lipinski definition) is 1. The van der Waals surface area contributed by atoms with Crippen LogP contribution in [0.1, 0.15) is 75.7 Å². The van der Waals surface area contributed by atoms with E-state index in [0.717, 1.165) is 30.5 Å². The second kappa shape index (κ2) is 13.8. The van der Waals surface area contributed by atoms with E-state index in [4.69, 9.17) is 14.2 Å². The van der Waals surface area contributed by atoms with Crippen molar-refractivity contribution in [2.24, 2.45) is 0 Å². The van der Waals surface area contributed by atoms with E-state index in [-0.39, 0.29) is 17.9 Å². The molecule has 3 aromatic carbocycles. The highest BCUT2D eigenvalue weighted by Crippen LogP contribution is 2.36. The molecule has 2 atom stereocenters. The molecule has 1 unspecified atom stereocenters. The molecule has 2 heterocycles. The van der Waals surface area contributed by atoms with Gasteiger partial charge in [-0.1, -0.05) is 18.2 Å². The highest BCUT2D eigenvalue weighted by atomic mass is 19.2. The van der Waals surface area contributed by atoms with Crippen LogP contribution in [0.4, 0.5) is 13.6 Å². The standard InChI is InChI=1S/C37H42F2N2O7/c1-36(2,3)48-35(45)41-17-15-28(22-41)46-32-14-12-25(19-29(32)24-11-13-30(38)31(39)20-24)33(42)40-16-7-9-26(21-40)23-8-6-10-27(18-23)47-37(4,5)34(43)44/h6,8,10-14,18-20,26,28H,7,9,15-17,21-22H2,1-5H3,(H,43,44)/t26?,28-/m0/s1. The number of aliphatic carboxylic acids is 1. The van der Waals surface area contributed by atoms with E-state index < -0.39 is 34.9 Å². The monoisotopic (exact) mass is 664 g/mol. The number of piperidine rings is 1. The Morgan fingerprint density at radius 1 is 0.854 bits per heavy atom. The fourth-order valence-corrected chi connectivity index (χ4v) is 5.94. The summed E-state index contributed by atoms with van der Waals surface area (Å²) in [4.78, 5) is 41.4. The van der Waals surface area contributed by atoms with Crippen molar-refractivity contribution in [3.8, 4) is 22.6 Å². The minimum absolute atomic E-state index is 0.00254. The number of carbonyl (C=O) groups excluding carboxylic acids is 2. The van der Waals surface area contributed by atoms with Gasteiger partial charge in [0, 0.05) is 43.1 Å². The van der Waals surface area contributed by atoms with Crippen LogP contribution in [-0.2, 0) is 9.53 Å². The Labute approximate surface area is 279 Å². The quantitative estimate of drug-likeness (QED) is 0.270. The van der Waals surface area contributed by atoms with Crippen molar-refractivity contribution in [2.75, 3.05) is 26.2 Å². The molecule has 48 heavy (non-hydrogen) atoms. The van der Waals surface area contributed by atoms with Gasteiger partial charge in [0.15, 0.2) is 17.2 Å². The van der Waals surface area contributed by atoms with Crippen LogP contribution in [0.15, 0.2) is 60.7 Å². The Balaban J connectivity index is 1.36. The third-order valence-electron chi connectivity index (χ3n) is 8.47. The molecule has 0 aromatic heterocycles. The van der Waals surface area contributed by atoms with Gasteiger partial charge in [0.1, 0.15) is 23.2 Å². The predicted molar refractivity (Wildman–Crippen MR) is 175 cm³/mol. The SMILES string of the molecule is CC(C)(C)OC(=O)N1CC[C@H](Oc2ccc(C(=O)N3CCCC(c4cccc(OC(C)(C)C(=O)O)c4)C3)cc2-c2ccc(F)c(F)c2)C1. The lowest BCUT2D eigenvalue weighted by atomic mass is 9.90. The molecule has 1 N–H and O–H groups in total. The number of amides is 2. The number of carbonyl (C=O) groups is 3. The molecule has 0 radical (unpaired) electrons. The molecular formula is C37H42F2N2O7. The van der Waals surface area contributed by atoms with Gasteiger partial charge in [-0.3, -0.25) is 4.79 Å². The highest BCUT2D eigenvalue weighted by molar-refractivity contribution is 5.96. The molecule has 11 heteroatoms. The first-order valence-electron chi connectivity index (χ1n) is 16.2. The fourth-order valence-electron chi connectivity index (χ4n) is 5.94. The summed E-state index contributed by atoms with van der Waals surface area (Å²) in [6.07, 6.45) is 1.34. The van der Waals surface area contributed by atoms with Gasteiger partial charge in [0.25, 0.3) is 5.91 Å². The maximum absolute atomic E-state index is 14.4. The maximum atomic E-state index is 14.4. The minimum atomic E-state index is -1.40. The number of nitrogens with zero attached hydrogens (tertiary/aromatic N) is 2. The van der Waals surface area contributed by atoms with E-state index in [1.165, 1.54) is 19.9 Å². The number of hydrogen-bond acceptors (Lipinski definition) is 6. The van der Waals surface area contributed by atoms with Crippen molar-refractivity contribution in [1.29, 1.82) is 0 Å². The summed E-state index contributed by atoms with van der Waals surface area (Å²) in [7, 11) is 0. The van der Waals surface area contributed by atoms with Crippen LogP contribution in [0.3, 0.4) is 0 Å². The number of carboxylic acid groups (broad SMARTS) is 1. The second-order valence-electron chi connectivity index (χ2n) is 13.9. The van der Waals surface area contributed by atoms with E-state index in [1.54, 1.807) is 54.8 Å². The number of ether oxygens (including phenoxy) is 3. The molecule has 9 nitrogen and oxygen atoms in total. The third-order valence-corrected chi connectivity index (χ3v) is 8.47. The van der Waals surface area contributed by atoms with Crippen molar-refractivity contribution in [3.63, 3.8) is 0 Å². The van der Waals surface area contributed by atoms with Gasteiger partial charge in [0.2, 0.25) is 0 Å². The maximum Gasteiger partial charge on any atom is 0.410 e. The van der Waals surface area contributed by atoms with E-state index in [9.17, 15) is 28.3 Å². The summed E-state index contributed by atoms with van der Waals surface area (Å²) in [5, 5.41) is 9.46. The Hall–Kier alpha value is -4.67. The lowest BCUT2D eigenvalue weighted by molar-refractivity contribution is -0.152. The molecule has 0 spiro atoms. The number of halogens is 2. The first-order valence-corrected chi connectivity index (χ1v) is 16.2. The molecule has 2 saturated heterocycles. The van der Waals surface area contributed by atoms with Gasteiger partial charge in [-0.2, -0.15) is 0 Å². The summed E-state index contributed by atoms with van der Waals surface area (Å²) in [5.41, 5.74) is 0.0421. The van der Waals surface area contributed by atoms with Crippen LogP contribution < -0.4 is 9.47 Å². The molecule has 2 aliphatic heterocycles. The first-order chi connectivity index (χ1) is 22.6. The normalized spacial score (nSPS) is 18.4. The number of benzene rings is 3. The van der Waals surface area contributed by atoms with Gasteiger partial charge in [-0.05, 0) is 101 Å².